The minimum Gasteiger partial charge on any atom is -0.388 e. The van der Waals surface area contributed by atoms with Gasteiger partial charge in [-0.15, -0.1) is 5.10 Å². The Balaban J connectivity index is 2.31. The molecule has 88 valence electrons. The second-order valence-corrected chi connectivity index (χ2v) is 4.19. The number of hydrogen-bond donors (Lipinski definition) is 1. The summed E-state index contributed by atoms with van der Waals surface area (Å²) in [5.41, 5.74) is 8.42. The highest BCUT2D eigenvalue weighted by Gasteiger charge is 2.13. The van der Waals surface area contributed by atoms with Crippen molar-refractivity contribution in [2.24, 2.45) is 5.73 Å². The van der Waals surface area contributed by atoms with Crippen molar-refractivity contribution in [2.45, 2.75) is 19.9 Å². The van der Waals surface area contributed by atoms with Crippen LogP contribution in [0.1, 0.15) is 23.9 Å². The number of nitrogens with two attached hydrogens (primary N) is 1. The van der Waals surface area contributed by atoms with E-state index in [4.69, 9.17) is 18.0 Å². The molecule has 0 amide bonds. The average Bonchev–Trinajstić information content (AvgIpc) is 2.73. The topological polar surface area (TPSA) is 56.7 Å². The van der Waals surface area contributed by atoms with Gasteiger partial charge in [-0.2, -0.15) is 0 Å². The molecule has 0 saturated carbocycles. The molecule has 0 unspecified atom stereocenters. The lowest BCUT2D eigenvalue weighted by Crippen LogP contribution is -2.14. The van der Waals surface area contributed by atoms with Crippen LogP contribution in [-0.4, -0.2) is 20.0 Å². The van der Waals surface area contributed by atoms with Crippen LogP contribution in [-0.2, 0) is 13.0 Å². The highest BCUT2D eigenvalue weighted by atomic mass is 32.1. The van der Waals surface area contributed by atoms with Crippen LogP contribution in [0.2, 0.25) is 0 Å². The molecule has 4 nitrogen and oxygen atoms in total. The largest absolute Gasteiger partial charge is 0.388 e. The summed E-state index contributed by atoms with van der Waals surface area (Å²) in [5.74, 6) is 0. The van der Waals surface area contributed by atoms with Gasteiger partial charge in [0.15, 0.2) is 0 Å². The molecule has 0 aliphatic carbocycles. The lowest BCUT2D eigenvalue weighted by Gasteiger charge is -2.05. The number of hydrogen-bond acceptors (Lipinski definition) is 3. The summed E-state index contributed by atoms with van der Waals surface area (Å²) < 4.78 is 1.85. The van der Waals surface area contributed by atoms with E-state index in [-0.39, 0.29) is 0 Å². The van der Waals surface area contributed by atoms with Crippen LogP contribution in [0, 0.1) is 0 Å². The molecule has 17 heavy (non-hydrogen) atoms. The zero-order valence-corrected chi connectivity index (χ0v) is 10.4. The van der Waals surface area contributed by atoms with Gasteiger partial charge in [-0.3, -0.25) is 0 Å². The van der Waals surface area contributed by atoms with E-state index in [1.54, 1.807) is 0 Å². The first kappa shape index (κ1) is 11.7. The van der Waals surface area contributed by atoms with E-state index in [0.29, 0.717) is 17.2 Å². The number of thiocarbonyl (C=S) groups is 1. The van der Waals surface area contributed by atoms with Gasteiger partial charge in [-0.05, 0) is 12.0 Å². The molecule has 0 aliphatic rings. The lowest BCUT2D eigenvalue weighted by molar-refractivity contribution is 0.622. The maximum absolute atomic E-state index is 5.61. The SMILES string of the molecule is CCc1c(C(N)=S)nnn1Cc1ccccc1. The fourth-order valence-electron chi connectivity index (χ4n) is 1.76. The number of benzene rings is 1. The second kappa shape index (κ2) is 5.05. The quantitative estimate of drug-likeness (QED) is 0.831. The van der Waals surface area contributed by atoms with Gasteiger partial charge in [-0.1, -0.05) is 54.7 Å². The van der Waals surface area contributed by atoms with Crippen LogP contribution in [0.15, 0.2) is 30.3 Å². The maximum atomic E-state index is 5.61. The minimum atomic E-state index is 0.307. The normalized spacial score (nSPS) is 10.4. The van der Waals surface area contributed by atoms with E-state index in [0.717, 1.165) is 12.1 Å². The summed E-state index contributed by atoms with van der Waals surface area (Å²) in [7, 11) is 0. The van der Waals surface area contributed by atoms with Crippen molar-refractivity contribution < 1.29 is 0 Å². The van der Waals surface area contributed by atoms with Crippen LogP contribution in [0.5, 0.6) is 0 Å². The zero-order valence-electron chi connectivity index (χ0n) is 9.63. The molecule has 0 bridgehead atoms. The molecule has 0 spiro atoms. The number of aromatic nitrogens is 3. The first-order chi connectivity index (χ1) is 8.22. The third kappa shape index (κ3) is 2.50. The molecule has 0 fully saturated rings. The van der Waals surface area contributed by atoms with E-state index in [2.05, 4.69) is 22.4 Å². The molecule has 2 rings (SSSR count). The summed E-state index contributed by atoms with van der Waals surface area (Å²) in [5, 5.41) is 8.13. The van der Waals surface area contributed by atoms with Gasteiger partial charge >= 0.3 is 0 Å². The molecule has 0 aliphatic heterocycles. The standard InChI is InChI=1S/C12H14N4S/c1-2-10-11(12(13)17)14-15-16(10)8-9-6-4-3-5-7-9/h3-7H,2,8H2,1H3,(H2,13,17). The fourth-order valence-corrected chi connectivity index (χ4v) is 1.92. The number of rotatable bonds is 4. The van der Waals surface area contributed by atoms with E-state index in [1.807, 2.05) is 29.8 Å². The first-order valence-corrected chi connectivity index (χ1v) is 5.89. The maximum Gasteiger partial charge on any atom is 0.143 e. The predicted octanol–water partition coefficient (Wildman–Crippen LogP) is 1.52. The van der Waals surface area contributed by atoms with Crippen molar-refractivity contribution in [1.29, 1.82) is 0 Å². The zero-order chi connectivity index (χ0) is 12.3. The van der Waals surface area contributed by atoms with Crippen LogP contribution in [0.4, 0.5) is 0 Å². The fraction of sp³-hybridized carbons (Fsp3) is 0.250. The Kier molecular flexibility index (Phi) is 3.49. The van der Waals surface area contributed by atoms with Gasteiger partial charge in [0.05, 0.1) is 12.2 Å². The van der Waals surface area contributed by atoms with E-state index >= 15 is 0 Å². The average molecular weight is 246 g/mol. The van der Waals surface area contributed by atoms with E-state index in [9.17, 15) is 0 Å². The first-order valence-electron chi connectivity index (χ1n) is 5.48. The Hall–Kier alpha value is -1.75. The second-order valence-electron chi connectivity index (χ2n) is 3.75. The van der Waals surface area contributed by atoms with Gasteiger partial charge in [0.2, 0.25) is 0 Å². The molecule has 2 N–H and O–H groups in total. The molecule has 0 saturated heterocycles. The smallest absolute Gasteiger partial charge is 0.143 e. The summed E-state index contributed by atoms with van der Waals surface area (Å²) in [4.78, 5) is 0.307. The number of nitrogens with zero attached hydrogens (tertiary/aromatic N) is 3. The van der Waals surface area contributed by atoms with Crippen molar-refractivity contribution >= 4 is 17.2 Å². The Labute approximate surface area is 105 Å². The molecule has 2 aromatic rings. The van der Waals surface area contributed by atoms with Crippen molar-refractivity contribution in [3.8, 4) is 0 Å². The summed E-state index contributed by atoms with van der Waals surface area (Å²) in [6, 6.07) is 10.1. The van der Waals surface area contributed by atoms with Crippen LogP contribution < -0.4 is 5.73 Å². The van der Waals surface area contributed by atoms with Crippen LogP contribution in [0.3, 0.4) is 0 Å². The molecular formula is C12H14N4S. The highest BCUT2D eigenvalue weighted by molar-refractivity contribution is 7.80. The van der Waals surface area contributed by atoms with Gasteiger partial charge in [-0.25, -0.2) is 4.68 Å². The van der Waals surface area contributed by atoms with Crippen molar-refractivity contribution in [3.05, 3.63) is 47.3 Å². The van der Waals surface area contributed by atoms with E-state index < -0.39 is 0 Å². The Bertz CT molecular complexity index is 519. The molecule has 0 atom stereocenters. The molecule has 5 heteroatoms. The Morgan fingerprint density at radius 1 is 1.35 bits per heavy atom. The Morgan fingerprint density at radius 2 is 2.06 bits per heavy atom. The molecule has 1 aromatic carbocycles. The van der Waals surface area contributed by atoms with Crippen LogP contribution in [0.25, 0.3) is 0 Å². The highest BCUT2D eigenvalue weighted by Crippen LogP contribution is 2.09. The van der Waals surface area contributed by atoms with Gasteiger partial charge < -0.3 is 5.73 Å². The lowest BCUT2D eigenvalue weighted by atomic mass is 10.2. The van der Waals surface area contributed by atoms with Crippen molar-refractivity contribution in [2.75, 3.05) is 0 Å². The molecule has 1 aromatic heterocycles. The Morgan fingerprint density at radius 3 is 2.65 bits per heavy atom. The molecule has 1 heterocycles. The van der Waals surface area contributed by atoms with E-state index in [1.165, 1.54) is 5.56 Å². The predicted molar refractivity (Wildman–Crippen MR) is 70.8 cm³/mol. The minimum absolute atomic E-state index is 0.307. The van der Waals surface area contributed by atoms with Gasteiger partial charge in [0, 0.05) is 0 Å². The van der Waals surface area contributed by atoms with Gasteiger partial charge in [0.25, 0.3) is 0 Å². The molecular weight excluding hydrogens is 232 g/mol. The van der Waals surface area contributed by atoms with Crippen molar-refractivity contribution in [1.82, 2.24) is 15.0 Å². The third-order valence-electron chi connectivity index (χ3n) is 2.58. The summed E-state index contributed by atoms with van der Waals surface area (Å²) >= 11 is 4.96. The summed E-state index contributed by atoms with van der Waals surface area (Å²) in [6.45, 7) is 2.74. The monoisotopic (exact) mass is 246 g/mol. The summed E-state index contributed by atoms with van der Waals surface area (Å²) in [6.07, 6.45) is 0.812. The van der Waals surface area contributed by atoms with Crippen LogP contribution >= 0.6 is 12.2 Å². The third-order valence-corrected chi connectivity index (χ3v) is 2.77. The molecule has 0 radical (unpaired) electrons. The van der Waals surface area contributed by atoms with Crippen molar-refractivity contribution in [3.63, 3.8) is 0 Å². The van der Waals surface area contributed by atoms with Gasteiger partial charge in [0.1, 0.15) is 10.7 Å².